The molecule has 0 aliphatic carbocycles. The van der Waals surface area contributed by atoms with Crippen molar-refractivity contribution >= 4 is 63.8 Å². The molecule has 0 spiro atoms. The zero-order chi connectivity index (χ0) is 14.5. The SMILES string of the molecule is CC1(C)Cn2c(nsc2=Nc2c(Cl)cc(Cl)cc2Cl)S1. The van der Waals surface area contributed by atoms with E-state index in [1.807, 2.05) is 0 Å². The molecule has 106 valence electrons. The summed E-state index contributed by atoms with van der Waals surface area (Å²) in [6.45, 7) is 5.23. The standard InChI is InChI=1S/C12H10Cl3N3S2/c1-12(2)5-18-10(20-17-11(18)19-12)16-9-7(14)3-6(13)4-8(9)15/h3-4H,5H2,1-2H3. The summed E-state index contributed by atoms with van der Waals surface area (Å²) in [5, 5.41) is 2.36. The second kappa shape index (κ2) is 5.21. The zero-order valence-electron chi connectivity index (χ0n) is 10.7. The van der Waals surface area contributed by atoms with Crippen molar-refractivity contribution in [2.24, 2.45) is 4.99 Å². The number of aromatic nitrogens is 2. The lowest BCUT2D eigenvalue weighted by molar-refractivity contribution is 0.555. The molecule has 2 aromatic rings. The molecule has 3 nitrogen and oxygen atoms in total. The molecule has 0 bridgehead atoms. The first-order valence-corrected chi connectivity index (χ1v) is 8.53. The number of fused-ring (bicyclic) bond motifs is 1. The first kappa shape index (κ1) is 14.7. The largest absolute Gasteiger partial charge is 0.293 e. The molecule has 0 saturated carbocycles. The van der Waals surface area contributed by atoms with E-state index in [4.69, 9.17) is 34.8 Å². The van der Waals surface area contributed by atoms with Gasteiger partial charge in [-0.05, 0) is 26.0 Å². The molecule has 0 N–H and O–H groups in total. The molecule has 2 heterocycles. The minimum absolute atomic E-state index is 0.133. The number of hydrogen-bond donors (Lipinski definition) is 0. The first-order valence-electron chi connectivity index (χ1n) is 5.80. The number of benzene rings is 1. The van der Waals surface area contributed by atoms with Crippen LogP contribution in [0.25, 0.3) is 0 Å². The molecule has 1 aliphatic heterocycles. The molecular formula is C12H10Cl3N3S2. The quantitative estimate of drug-likeness (QED) is 0.709. The third kappa shape index (κ3) is 2.74. The minimum Gasteiger partial charge on any atom is -0.293 e. The second-order valence-corrected chi connectivity index (χ2v) is 8.68. The van der Waals surface area contributed by atoms with Crippen LogP contribution in [0.15, 0.2) is 22.3 Å². The molecule has 0 radical (unpaired) electrons. The van der Waals surface area contributed by atoms with Gasteiger partial charge in [-0.3, -0.25) is 4.57 Å². The Morgan fingerprint density at radius 2 is 1.90 bits per heavy atom. The van der Waals surface area contributed by atoms with Gasteiger partial charge in [-0.15, -0.1) is 0 Å². The van der Waals surface area contributed by atoms with E-state index in [2.05, 4.69) is 27.8 Å². The Labute approximate surface area is 139 Å². The van der Waals surface area contributed by atoms with E-state index < -0.39 is 0 Å². The zero-order valence-corrected chi connectivity index (χ0v) is 14.6. The smallest absolute Gasteiger partial charge is 0.210 e. The van der Waals surface area contributed by atoms with Crippen molar-refractivity contribution < 1.29 is 0 Å². The Bertz CT molecular complexity index is 726. The van der Waals surface area contributed by atoms with Gasteiger partial charge in [0.2, 0.25) is 4.80 Å². The molecule has 3 rings (SSSR count). The van der Waals surface area contributed by atoms with E-state index in [9.17, 15) is 0 Å². The van der Waals surface area contributed by atoms with E-state index in [-0.39, 0.29) is 4.75 Å². The Morgan fingerprint density at radius 1 is 1.25 bits per heavy atom. The highest BCUT2D eigenvalue weighted by Crippen LogP contribution is 2.39. The summed E-state index contributed by atoms with van der Waals surface area (Å²) in [5.41, 5.74) is 0.534. The normalized spacial score (nSPS) is 17.6. The maximum absolute atomic E-state index is 6.17. The third-order valence-electron chi connectivity index (χ3n) is 2.76. The summed E-state index contributed by atoms with van der Waals surface area (Å²) in [4.78, 5) is 5.36. The molecule has 20 heavy (non-hydrogen) atoms. The van der Waals surface area contributed by atoms with Gasteiger partial charge in [0.15, 0.2) is 5.16 Å². The van der Waals surface area contributed by atoms with Crippen molar-refractivity contribution in [2.75, 3.05) is 0 Å². The molecule has 0 saturated heterocycles. The molecule has 0 unspecified atom stereocenters. The van der Waals surface area contributed by atoms with Crippen LogP contribution in [0.4, 0.5) is 5.69 Å². The molecule has 1 aliphatic rings. The van der Waals surface area contributed by atoms with Crippen LogP contribution in [0, 0.1) is 0 Å². The maximum Gasteiger partial charge on any atom is 0.210 e. The van der Waals surface area contributed by atoms with E-state index in [0.29, 0.717) is 20.8 Å². The predicted molar refractivity (Wildman–Crippen MR) is 86.7 cm³/mol. The maximum atomic E-state index is 6.17. The van der Waals surface area contributed by atoms with Crippen LogP contribution in [0.3, 0.4) is 0 Å². The fourth-order valence-electron chi connectivity index (χ4n) is 1.95. The summed E-state index contributed by atoms with van der Waals surface area (Å²) in [6.07, 6.45) is 0. The van der Waals surface area contributed by atoms with Crippen molar-refractivity contribution in [3.8, 4) is 0 Å². The van der Waals surface area contributed by atoms with Crippen LogP contribution in [0.1, 0.15) is 13.8 Å². The average molecular weight is 367 g/mol. The van der Waals surface area contributed by atoms with Gasteiger partial charge in [-0.1, -0.05) is 46.6 Å². The summed E-state index contributed by atoms with van der Waals surface area (Å²) in [5.74, 6) is 0. The lowest BCUT2D eigenvalue weighted by Crippen LogP contribution is -2.21. The second-order valence-electron chi connectivity index (χ2n) is 5.03. The molecule has 1 aromatic carbocycles. The monoisotopic (exact) mass is 365 g/mol. The summed E-state index contributed by atoms with van der Waals surface area (Å²) in [6, 6.07) is 3.27. The minimum atomic E-state index is 0.133. The van der Waals surface area contributed by atoms with Crippen LogP contribution in [0.5, 0.6) is 0 Å². The van der Waals surface area contributed by atoms with E-state index >= 15 is 0 Å². The van der Waals surface area contributed by atoms with Gasteiger partial charge < -0.3 is 0 Å². The Hall–Kier alpha value is -0.200. The molecule has 8 heteroatoms. The van der Waals surface area contributed by atoms with Crippen molar-refractivity contribution in [2.45, 2.75) is 30.3 Å². The number of halogens is 3. The van der Waals surface area contributed by atoms with Crippen LogP contribution in [-0.2, 0) is 6.54 Å². The van der Waals surface area contributed by atoms with Crippen LogP contribution < -0.4 is 4.80 Å². The van der Waals surface area contributed by atoms with Gasteiger partial charge in [0.1, 0.15) is 5.69 Å². The number of hydrogen-bond acceptors (Lipinski definition) is 4. The number of nitrogens with zero attached hydrogens (tertiary/aromatic N) is 3. The van der Waals surface area contributed by atoms with Gasteiger partial charge in [0, 0.05) is 27.8 Å². The Balaban J connectivity index is 2.12. The van der Waals surface area contributed by atoms with Gasteiger partial charge in [-0.25, -0.2) is 4.99 Å². The van der Waals surface area contributed by atoms with Crippen LogP contribution in [0.2, 0.25) is 15.1 Å². The predicted octanol–water partition coefficient (Wildman–Crippen LogP) is 5.02. The van der Waals surface area contributed by atoms with Crippen molar-refractivity contribution in [1.82, 2.24) is 8.94 Å². The van der Waals surface area contributed by atoms with Gasteiger partial charge >= 0.3 is 0 Å². The summed E-state index contributed by atoms with van der Waals surface area (Å²) >= 11 is 21.3. The number of rotatable bonds is 1. The van der Waals surface area contributed by atoms with Crippen molar-refractivity contribution in [3.63, 3.8) is 0 Å². The molecule has 0 atom stereocenters. The summed E-state index contributed by atoms with van der Waals surface area (Å²) < 4.78 is 6.65. The average Bonchev–Trinajstić information content (AvgIpc) is 2.79. The van der Waals surface area contributed by atoms with Crippen molar-refractivity contribution in [3.05, 3.63) is 32.0 Å². The van der Waals surface area contributed by atoms with Gasteiger partial charge in [-0.2, -0.15) is 4.37 Å². The Kier molecular flexibility index (Phi) is 3.84. The highest BCUT2D eigenvalue weighted by Gasteiger charge is 2.31. The fourth-order valence-corrected chi connectivity index (χ4v) is 4.76. The van der Waals surface area contributed by atoms with E-state index in [1.165, 1.54) is 11.5 Å². The van der Waals surface area contributed by atoms with Gasteiger partial charge in [0.05, 0.1) is 10.0 Å². The van der Waals surface area contributed by atoms with E-state index in [0.717, 1.165) is 16.5 Å². The fraction of sp³-hybridized carbons (Fsp3) is 0.333. The highest BCUT2D eigenvalue weighted by atomic mass is 35.5. The van der Waals surface area contributed by atoms with Crippen molar-refractivity contribution in [1.29, 1.82) is 0 Å². The lowest BCUT2D eigenvalue weighted by atomic mass is 10.2. The molecule has 0 amide bonds. The Morgan fingerprint density at radius 3 is 2.55 bits per heavy atom. The van der Waals surface area contributed by atoms with Crippen LogP contribution >= 0.6 is 58.1 Å². The lowest BCUT2D eigenvalue weighted by Gasteiger charge is -2.12. The third-order valence-corrected chi connectivity index (χ3v) is 5.59. The van der Waals surface area contributed by atoms with Crippen LogP contribution in [-0.4, -0.2) is 13.7 Å². The molecule has 0 fully saturated rings. The van der Waals surface area contributed by atoms with E-state index in [1.54, 1.807) is 23.9 Å². The molecule has 1 aromatic heterocycles. The first-order chi connectivity index (χ1) is 9.35. The summed E-state index contributed by atoms with van der Waals surface area (Å²) in [7, 11) is 0. The number of thioether (sulfide) groups is 1. The highest BCUT2D eigenvalue weighted by molar-refractivity contribution is 8.00. The topological polar surface area (TPSA) is 30.2 Å². The molecular weight excluding hydrogens is 357 g/mol. The van der Waals surface area contributed by atoms with Gasteiger partial charge in [0.25, 0.3) is 0 Å².